The van der Waals surface area contributed by atoms with Gasteiger partial charge in [0, 0.05) is 24.9 Å². The molecule has 20 heavy (non-hydrogen) atoms. The number of carboxylic acids is 1. The average molecular weight is 282 g/mol. The second-order valence-corrected chi connectivity index (χ2v) is 5.68. The molecule has 1 aliphatic carbocycles. The van der Waals surface area contributed by atoms with Crippen LogP contribution in [0.2, 0.25) is 0 Å². The molecule has 0 bridgehead atoms. The Morgan fingerprint density at radius 3 is 2.20 bits per heavy atom. The lowest BCUT2D eigenvalue weighted by atomic mass is 9.95. The first-order chi connectivity index (χ1) is 9.52. The minimum atomic E-state index is -0.998. The third-order valence-corrected chi connectivity index (χ3v) is 4.13. The maximum absolute atomic E-state index is 12.0. The highest BCUT2D eigenvalue weighted by Gasteiger charge is 2.36. The summed E-state index contributed by atoms with van der Waals surface area (Å²) in [6, 6.07) is -0.811. The van der Waals surface area contributed by atoms with Crippen molar-refractivity contribution in [1.29, 1.82) is 0 Å². The first-order valence-corrected chi connectivity index (χ1v) is 7.35. The van der Waals surface area contributed by atoms with Crippen molar-refractivity contribution in [3.05, 3.63) is 0 Å². The highest BCUT2D eigenvalue weighted by atomic mass is 16.4. The molecule has 0 aromatic carbocycles. The molecule has 2 N–H and O–H groups in total. The number of carbonyl (C=O) groups excluding carboxylic acids is 2. The van der Waals surface area contributed by atoms with E-state index in [2.05, 4.69) is 5.32 Å². The highest BCUT2D eigenvalue weighted by Crippen LogP contribution is 2.32. The van der Waals surface area contributed by atoms with Gasteiger partial charge in [0.1, 0.15) is 6.04 Å². The zero-order valence-electron chi connectivity index (χ0n) is 11.8. The largest absolute Gasteiger partial charge is 0.480 e. The lowest BCUT2D eigenvalue weighted by Crippen LogP contribution is -2.47. The van der Waals surface area contributed by atoms with Crippen LogP contribution in [0.5, 0.6) is 0 Å². The van der Waals surface area contributed by atoms with Gasteiger partial charge in [0.05, 0.1) is 0 Å². The number of hydrogen-bond acceptors (Lipinski definition) is 3. The van der Waals surface area contributed by atoms with Crippen LogP contribution < -0.4 is 5.32 Å². The number of piperidine rings is 1. The van der Waals surface area contributed by atoms with Crippen molar-refractivity contribution >= 4 is 17.8 Å². The molecule has 0 spiro atoms. The summed E-state index contributed by atoms with van der Waals surface area (Å²) in [7, 11) is 0. The van der Waals surface area contributed by atoms with Crippen LogP contribution in [-0.2, 0) is 14.4 Å². The Morgan fingerprint density at radius 2 is 1.75 bits per heavy atom. The summed E-state index contributed by atoms with van der Waals surface area (Å²) >= 11 is 0. The number of aliphatic carboxylic acids is 1. The van der Waals surface area contributed by atoms with Crippen molar-refractivity contribution in [3.63, 3.8) is 0 Å². The fourth-order valence-electron chi connectivity index (χ4n) is 2.58. The van der Waals surface area contributed by atoms with Crippen LogP contribution in [0.25, 0.3) is 0 Å². The molecular weight excluding hydrogens is 260 g/mol. The molecule has 1 heterocycles. The normalized spacial score (nSPS) is 21.4. The van der Waals surface area contributed by atoms with Crippen LogP contribution in [0.15, 0.2) is 0 Å². The van der Waals surface area contributed by atoms with Crippen LogP contribution in [-0.4, -0.2) is 46.9 Å². The quantitative estimate of drug-likeness (QED) is 0.773. The van der Waals surface area contributed by atoms with Gasteiger partial charge in [-0.25, -0.2) is 4.79 Å². The summed E-state index contributed by atoms with van der Waals surface area (Å²) < 4.78 is 0. The second-order valence-electron chi connectivity index (χ2n) is 5.68. The van der Waals surface area contributed by atoms with Gasteiger partial charge in [-0.3, -0.25) is 9.59 Å². The summed E-state index contributed by atoms with van der Waals surface area (Å²) in [5, 5.41) is 11.5. The number of carboxylic acid groups (broad SMARTS) is 1. The van der Waals surface area contributed by atoms with Gasteiger partial charge in [-0.1, -0.05) is 6.92 Å². The minimum absolute atomic E-state index is 0.174. The van der Waals surface area contributed by atoms with Crippen molar-refractivity contribution in [1.82, 2.24) is 10.2 Å². The Labute approximate surface area is 118 Å². The molecule has 1 atom stereocenters. The number of likely N-dealkylation sites (tertiary alicyclic amines) is 1. The first kappa shape index (κ1) is 14.8. The second kappa shape index (κ2) is 6.24. The predicted octanol–water partition coefficient (Wildman–Crippen LogP) is 0.614. The average Bonchev–Trinajstić information content (AvgIpc) is 3.28. The maximum atomic E-state index is 12.0. The molecule has 6 heteroatoms. The van der Waals surface area contributed by atoms with E-state index in [9.17, 15) is 14.4 Å². The highest BCUT2D eigenvalue weighted by molar-refractivity contribution is 5.85. The fraction of sp³-hybridized carbons (Fsp3) is 0.786. The van der Waals surface area contributed by atoms with Crippen molar-refractivity contribution in [3.8, 4) is 0 Å². The molecule has 0 unspecified atom stereocenters. The van der Waals surface area contributed by atoms with Gasteiger partial charge < -0.3 is 15.3 Å². The van der Waals surface area contributed by atoms with Crippen LogP contribution in [0.1, 0.15) is 39.0 Å². The molecule has 2 fully saturated rings. The molecule has 2 aliphatic rings. The first-order valence-electron chi connectivity index (χ1n) is 7.35. The Hall–Kier alpha value is -1.59. The maximum Gasteiger partial charge on any atom is 0.326 e. The lowest BCUT2D eigenvalue weighted by Gasteiger charge is -2.32. The van der Waals surface area contributed by atoms with Gasteiger partial charge in [-0.2, -0.15) is 0 Å². The number of nitrogens with zero attached hydrogens (tertiary/aromatic N) is 1. The molecule has 112 valence electrons. The van der Waals surface area contributed by atoms with Gasteiger partial charge in [-0.05, 0) is 32.1 Å². The van der Waals surface area contributed by atoms with Crippen molar-refractivity contribution < 1.29 is 19.5 Å². The van der Waals surface area contributed by atoms with Crippen LogP contribution >= 0.6 is 0 Å². The molecule has 2 amide bonds. The van der Waals surface area contributed by atoms with Gasteiger partial charge >= 0.3 is 5.97 Å². The van der Waals surface area contributed by atoms with E-state index < -0.39 is 12.0 Å². The van der Waals surface area contributed by atoms with E-state index in [1.165, 1.54) is 0 Å². The summed E-state index contributed by atoms with van der Waals surface area (Å²) in [6.45, 7) is 2.95. The van der Waals surface area contributed by atoms with E-state index in [1.54, 1.807) is 6.92 Å². The molecule has 6 nitrogen and oxygen atoms in total. The van der Waals surface area contributed by atoms with E-state index in [1.807, 2.05) is 4.90 Å². The summed E-state index contributed by atoms with van der Waals surface area (Å²) in [6.07, 6.45) is 3.62. The van der Waals surface area contributed by atoms with Crippen molar-refractivity contribution in [2.75, 3.05) is 13.1 Å². The molecule has 0 radical (unpaired) electrons. The van der Waals surface area contributed by atoms with E-state index in [4.69, 9.17) is 5.11 Å². The van der Waals surface area contributed by atoms with Crippen LogP contribution in [0.4, 0.5) is 0 Å². The van der Waals surface area contributed by atoms with Gasteiger partial charge in [0.2, 0.25) is 11.8 Å². The topological polar surface area (TPSA) is 86.7 Å². The molecule has 1 saturated heterocycles. The SMILES string of the molecule is CC[C@H](NC(=O)C1CCN(C(=O)C2CC2)CC1)C(=O)O. The van der Waals surface area contributed by atoms with Crippen molar-refractivity contribution in [2.45, 2.75) is 45.1 Å². The van der Waals surface area contributed by atoms with E-state index >= 15 is 0 Å². The predicted molar refractivity (Wildman–Crippen MR) is 71.9 cm³/mol. The van der Waals surface area contributed by atoms with E-state index in [0.717, 1.165) is 12.8 Å². The van der Waals surface area contributed by atoms with Gasteiger partial charge in [0.25, 0.3) is 0 Å². The Balaban J connectivity index is 1.79. The van der Waals surface area contributed by atoms with Gasteiger partial charge in [0.15, 0.2) is 0 Å². The molecule has 1 aliphatic heterocycles. The molecule has 0 aromatic rings. The minimum Gasteiger partial charge on any atom is -0.480 e. The summed E-state index contributed by atoms with van der Waals surface area (Å²) in [4.78, 5) is 36.7. The molecule has 2 rings (SSSR count). The van der Waals surface area contributed by atoms with E-state index in [0.29, 0.717) is 32.4 Å². The Bertz CT molecular complexity index is 398. The molecule has 1 saturated carbocycles. The fourth-order valence-corrected chi connectivity index (χ4v) is 2.58. The Kier molecular flexibility index (Phi) is 4.62. The van der Waals surface area contributed by atoms with Gasteiger partial charge in [-0.15, -0.1) is 0 Å². The zero-order valence-corrected chi connectivity index (χ0v) is 11.8. The number of rotatable bonds is 5. The molecular formula is C14H22N2O4. The lowest BCUT2D eigenvalue weighted by molar-refractivity contribution is -0.143. The Morgan fingerprint density at radius 1 is 1.15 bits per heavy atom. The van der Waals surface area contributed by atoms with Crippen LogP contribution in [0.3, 0.4) is 0 Å². The van der Waals surface area contributed by atoms with Crippen molar-refractivity contribution in [2.24, 2.45) is 11.8 Å². The number of carbonyl (C=O) groups is 3. The third kappa shape index (κ3) is 3.49. The summed E-state index contributed by atoms with van der Waals surface area (Å²) in [5.41, 5.74) is 0. The number of amides is 2. The monoisotopic (exact) mass is 282 g/mol. The number of nitrogens with one attached hydrogen (secondary N) is 1. The van der Waals surface area contributed by atoms with E-state index in [-0.39, 0.29) is 23.7 Å². The zero-order chi connectivity index (χ0) is 14.7. The summed E-state index contributed by atoms with van der Waals surface area (Å²) in [5.74, 6) is -0.927. The van der Waals surface area contributed by atoms with Crippen LogP contribution in [0, 0.1) is 11.8 Å². The standard InChI is InChI=1S/C14H22N2O4/c1-2-11(14(19)20)15-12(17)9-5-7-16(8-6-9)13(18)10-3-4-10/h9-11H,2-8H2,1H3,(H,15,17)(H,19,20)/t11-/m0/s1. The smallest absolute Gasteiger partial charge is 0.326 e. The number of hydrogen-bond donors (Lipinski definition) is 2. The molecule has 0 aromatic heterocycles. The third-order valence-electron chi connectivity index (χ3n) is 4.13.